The summed E-state index contributed by atoms with van der Waals surface area (Å²) in [6.45, 7) is 1.93. The molecule has 5 nitrogen and oxygen atoms in total. The van der Waals surface area contributed by atoms with Gasteiger partial charge in [-0.25, -0.2) is 9.78 Å². The average Bonchev–Trinajstić information content (AvgIpc) is 2.77. The summed E-state index contributed by atoms with van der Waals surface area (Å²) in [7, 11) is 3.87. The fraction of sp³-hybridized carbons (Fsp3) is 0.231. The second-order valence-electron chi connectivity index (χ2n) is 4.18. The number of aromatic nitrogens is 1. The van der Waals surface area contributed by atoms with Gasteiger partial charge < -0.3 is 14.4 Å². The molecule has 0 amide bonds. The number of rotatable bonds is 3. The third-order valence-electron chi connectivity index (χ3n) is 2.80. The van der Waals surface area contributed by atoms with Crippen molar-refractivity contribution in [2.75, 3.05) is 19.0 Å². The fourth-order valence-corrected chi connectivity index (χ4v) is 1.94. The van der Waals surface area contributed by atoms with Crippen LogP contribution < -0.4 is 4.90 Å². The summed E-state index contributed by atoms with van der Waals surface area (Å²) in [5.74, 6) is -0.794. The van der Waals surface area contributed by atoms with E-state index in [1.807, 2.05) is 44.1 Å². The molecule has 0 saturated heterocycles. The lowest BCUT2D eigenvalue weighted by Crippen LogP contribution is -2.10. The van der Waals surface area contributed by atoms with E-state index in [9.17, 15) is 4.79 Å². The van der Waals surface area contributed by atoms with Gasteiger partial charge in [-0.15, -0.1) is 0 Å². The summed E-state index contributed by atoms with van der Waals surface area (Å²) in [4.78, 5) is 16.7. The molecule has 0 unspecified atom stereocenters. The molecule has 94 valence electrons. The molecule has 2 aromatic rings. The van der Waals surface area contributed by atoms with Gasteiger partial charge in [-0.3, -0.25) is 0 Å². The molecule has 0 fully saturated rings. The summed E-state index contributed by atoms with van der Waals surface area (Å²) >= 11 is 0. The quantitative estimate of drug-likeness (QED) is 0.900. The molecular formula is C13H14N2O3. The Balaban J connectivity index is 2.61. The number of nitrogens with zero attached hydrogens (tertiary/aromatic N) is 2. The van der Waals surface area contributed by atoms with Gasteiger partial charge in [-0.1, -0.05) is 12.1 Å². The summed E-state index contributed by atoms with van der Waals surface area (Å²) < 4.78 is 5.22. The smallest absolute Gasteiger partial charge is 0.358 e. The van der Waals surface area contributed by atoms with Gasteiger partial charge in [0.25, 0.3) is 0 Å². The van der Waals surface area contributed by atoms with E-state index < -0.39 is 5.97 Å². The maximum atomic E-state index is 11.1. The van der Waals surface area contributed by atoms with Gasteiger partial charge in [0.2, 0.25) is 0 Å². The molecule has 0 aliphatic rings. The van der Waals surface area contributed by atoms with Crippen molar-refractivity contribution in [2.45, 2.75) is 6.92 Å². The number of carboxylic acid groups (broad SMARTS) is 1. The molecule has 0 aliphatic heterocycles. The van der Waals surface area contributed by atoms with Gasteiger partial charge in [-0.05, 0) is 18.6 Å². The van der Waals surface area contributed by atoms with Crippen LogP contribution in [-0.2, 0) is 0 Å². The number of hydrogen-bond acceptors (Lipinski definition) is 4. The molecule has 0 atom stereocenters. The highest BCUT2D eigenvalue weighted by Crippen LogP contribution is 2.31. The highest BCUT2D eigenvalue weighted by Gasteiger charge is 2.19. The van der Waals surface area contributed by atoms with E-state index in [0.29, 0.717) is 5.76 Å². The van der Waals surface area contributed by atoms with E-state index in [-0.39, 0.29) is 5.69 Å². The van der Waals surface area contributed by atoms with E-state index >= 15 is 0 Å². The van der Waals surface area contributed by atoms with Gasteiger partial charge in [0.05, 0.1) is 0 Å². The first kappa shape index (κ1) is 12.2. The molecular weight excluding hydrogens is 232 g/mol. The Hall–Kier alpha value is -2.30. The number of hydrogen-bond donors (Lipinski definition) is 1. The predicted molar refractivity (Wildman–Crippen MR) is 68.0 cm³/mol. The van der Waals surface area contributed by atoms with Crippen LogP contribution in [0.4, 0.5) is 5.69 Å². The molecule has 1 aromatic carbocycles. The predicted octanol–water partition coefficient (Wildman–Crippen LogP) is 2.41. The van der Waals surface area contributed by atoms with Crippen LogP contribution in [0.5, 0.6) is 0 Å². The average molecular weight is 246 g/mol. The number of oxazole rings is 1. The van der Waals surface area contributed by atoms with E-state index in [1.165, 1.54) is 0 Å². The first-order valence-electron chi connectivity index (χ1n) is 5.46. The van der Waals surface area contributed by atoms with Crippen molar-refractivity contribution in [3.05, 3.63) is 35.9 Å². The molecule has 5 heteroatoms. The third-order valence-corrected chi connectivity index (χ3v) is 2.80. The molecule has 1 heterocycles. The van der Waals surface area contributed by atoms with E-state index in [4.69, 9.17) is 9.52 Å². The van der Waals surface area contributed by atoms with Crippen molar-refractivity contribution in [1.82, 2.24) is 4.98 Å². The van der Waals surface area contributed by atoms with Crippen LogP contribution in [0.3, 0.4) is 0 Å². The van der Waals surface area contributed by atoms with Crippen molar-refractivity contribution in [3.8, 4) is 11.3 Å². The van der Waals surface area contributed by atoms with Gasteiger partial charge in [0, 0.05) is 25.3 Å². The monoisotopic (exact) mass is 246 g/mol. The normalized spacial score (nSPS) is 10.4. The minimum atomic E-state index is -1.09. The second kappa shape index (κ2) is 4.52. The Kier molecular flexibility index (Phi) is 3.06. The van der Waals surface area contributed by atoms with Crippen molar-refractivity contribution >= 4 is 11.7 Å². The van der Waals surface area contributed by atoms with Crippen molar-refractivity contribution < 1.29 is 14.3 Å². The molecule has 0 aliphatic carbocycles. The zero-order valence-electron chi connectivity index (χ0n) is 10.5. The Labute approximate surface area is 105 Å². The molecule has 1 N–H and O–H groups in total. The van der Waals surface area contributed by atoms with Crippen LogP contribution in [0.2, 0.25) is 0 Å². The zero-order valence-corrected chi connectivity index (χ0v) is 10.5. The van der Waals surface area contributed by atoms with Crippen LogP contribution >= 0.6 is 0 Å². The molecule has 18 heavy (non-hydrogen) atoms. The van der Waals surface area contributed by atoms with E-state index in [2.05, 4.69) is 4.98 Å². The van der Waals surface area contributed by atoms with Crippen molar-refractivity contribution in [1.29, 1.82) is 0 Å². The van der Waals surface area contributed by atoms with Crippen molar-refractivity contribution in [3.63, 3.8) is 0 Å². The Morgan fingerprint density at radius 3 is 2.72 bits per heavy atom. The SMILES string of the molecule is Cc1c(-c2ocnc2C(=O)O)cccc1N(C)C. The van der Waals surface area contributed by atoms with Gasteiger partial charge >= 0.3 is 5.97 Å². The van der Waals surface area contributed by atoms with Crippen molar-refractivity contribution in [2.24, 2.45) is 0 Å². The number of benzene rings is 1. The molecule has 2 rings (SSSR count). The van der Waals surface area contributed by atoms with Crippen LogP contribution in [0.1, 0.15) is 16.1 Å². The highest BCUT2D eigenvalue weighted by atomic mass is 16.4. The Morgan fingerprint density at radius 2 is 2.11 bits per heavy atom. The molecule has 0 radical (unpaired) electrons. The summed E-state index contributed by atoms with van der Waals surface area (Å²) in [6, 6.07) is 5.66. The van der Waals surface area contributed by atoms with Gasteiger partial charge in [-0.2, -0.15) is 0 Å². The molecule has 0 saturated carbocycles. The first-order valence-corrected chi connectivity index (χ1v) is 5.46. The second-order valence-corrected chi connectivity index (χ2v) is 4.18. The van der Waals surface area contributed by atoms with Crippen LogP contribution in [0.15, 0.2) is 29.0 Å². The fourth-order valence-electron chi connectivity index (χ4n) is 1.94. The highest BCUT2D eigenvalue weighted by molar-refractivity contribution is 5.93. The largest absolute Gasteiger partial charge is 0.476 e. The van der Waals surface area contributed by atoms with Crippen LogP contribution in [0, 0.1) is 6.92 Å². The number of anilines is 1. The summed E-state index contributed by atoms with van der Waals surface area (Å²) in [5.41, 5.74) is 2.66. The zero-order chi connectivity index (χ0) is 13.3. The molecule has 1 aromatic heterocycles. The molecule has 0 bridgehead atoms. The van der Waals surface area contributed by atoms with Gasteiger partial charge in [0.1, 0.15) is 0 Å². The van der Waals surface area contributed by atoms with Crippen LogP contribution in [0.25, 0.3) is 11.3 Å². The lowest BCUT2D eigenvalue weighted by atomic mass is 10.0. The Bertz CT molecular complexity index is 588. The first-order chi connectivity index (χ1) is 8.52. The lowest BCUT2D eigenvalue weighted by Gasteiger charge is -2.17. The summed E-state index contributed by atoms with van der Waals surface area (Å²) in [6.07, 6.45) is 1.15. The maximum absolute atomic E-state index is 11.1. The third kappa shape index (κ3) is 1.95. The number of carbonyl (C=O) groups is 1. The van der Waals surface area contributed by atoms with E-state index in [1.54, 1.807) is 0 Å². The summed E-state index contributed by atoms with van der Waals surface area (Å²) in [5, 5.41) is 9.05. The van der Waals surface area contributed by atoms with Crippen LogP contribution in [-0.4, -0.2) is 30.2 Å². The van der Waals surface area contributed by atoms with Gasteiger partial charge in [0.15, 0.2) is 17.8 Å². The minimum Gasteiger partial charge on any atom is -0.476 e. The van der Waals surface area contributed by atoms with E-state index in [0.717, 1.165) is 23.2 Å². The lowest BCUT2D eigenvalue weighted by molar-refractivity contribution is 0.0691. The maximum Gasteiger partial charge on any atom is 0.358 e. The molecule has 0 spiro atoms. The standard InChI is InChI=1S/C13H14N2O3/c1-8-9(5-4-6-10(8)15(2)3)12-11(13(16)17)14-7-18-12/h4-7H,1-3H3,(H,16,17). The Morgan fingerprint density at radius 1 is 1.39 bits per heavy atom. The number of aromatic carboxylic acids is 1. The number of carboxylic acids is 1. The topological polar surface area (TPSA) is 66.6 Å². The minimum absolute atomic E-state index is 0.0611.